The summed E-state index contributed by atoms with van der Waals surface area (Å²) >= 11 is 0. The first-order valence-electron chi connectivity index (χ1n) is 6.77. The van der Waals surface area contributed by atoms with Crippen molar-refractivity contribution in [3.8, 4) is 0 Å². The van der Waals surface area contributed by atoms with Gasteiger partial charge in [0.05, 0.1) is 5.69 Å². The van der Waals surface area contributed by atoms with E-state index in [-0.39, 0.29) is 0 Å². The van der Waals surface area contributed by atoms with Gasteiger partial charge in [-0.25, -0.2) is 4.39 Å². The summed E-state index contributed by atoms with van der Waals surface area (Å²) in [5.41, 5.74) is -5.86. The first kappa shape index (κ1) is 20.0. The molecule has 0 heterocycles. The number of carbonyl (C=O) groups excluding carboxylic acids is 1. The lowest BCUT2D eigenvalue weighted by Gasteiger charge is -2.39. The molecule has 0 aliphatic carbocycles. The zero-order chi connectivity index (χ0) is 18.8. The van der Waals surface area contributed by atoms with Gasteiger partial charge in [0.25, 0.3) is 0 Å². The van der Waals surface area contributed by atoms with E-state index in [0.29, 0.717) is 12.1 Å². The molecule has 0 saturated heterocycles. The third-order valence-corrected chi connectivity index (χ3v) is 2.97. The number of rotatable bonds is 5. The SMILES string of the molecule is CC(C)CC(=O)NC(Nc1ccccc1F)(C(F)(F)F)C(F)(F)F. The highest BCUT2D eigenvalue weighted by molar-refractivity contribution is 5.78. The van der Waals surface area contributed by atoms with Crippen LogP contribution in [0.15, 0.2) is 24.3 Å². The number of para-hydroxylation sites is 1. The molecular weight excluding hydrogens is 345 g/mol. The van der Waals surface area contributed by atoms with Crippen molar-refractivity contribution in [1.82, 2.24) is 5.32 Å². The van der Waals surface area contributed by atoms with Crippen LogP contribution in [0.25, 0.3) is 0 Å². The molecule has 0 unspecified atom stereocenters. The van der Waals surface area contributed by atoms with Gasteiger partial charge in [-0.2, -0.15) is 26.3 Å². The first-order chi connectivity index (χ1) is 10.8. The van der Waals surface area contributed by atoms with Crippen LogP contribution in [-0.4, -0.2) is 23.9 Å². The van der Waals surface area contributed by atoms with E-state index in [1.807, 2.05) is 0 Å². The van der Waals surface area contributed by atoms with Crippen molar-refractivity contribution in [2.75, 3.05) is 5.32 Å². The number of nitrogens with one attached hydrogen (secondary N) is 2. The third kappa shape index (κ3) is 4.30. The second-order valence-corrected chi connectivity index (χ2v) is 5.50. The average molecular weight is 360 g/mol. The Kier molecular flexibility index (Phi) is 5.73. The highest BCUT2D eigenvalue weighted by Crippen LogP contribution is 2.44. The zero-order valence-electron chi connectivity index (χ0n) is 12.6. The van der Waals surface area contributed by atoms with Gasteiger partial charge in [-0.05, 0) is 18.1 Å². The van der Waals surface area contributed by atoms with Crippen LogP contribution in [0, 0.1) is 11.7 Å². The number of hydrogen-bond donors (Lipinski definition) is 2. The molecular formula is C14H15F7N2O. The molecule has 0 bridgehead atoms. The summed E-state index contributed by atoms with van der Waals surface area (Å²) in [6.45, 7) is 2.90. The summed E-state index contributed by atoms with van der Waals surface area (Å²) in [6.07, 6.45) is -12.5. The van der Waals surface area contributed by atoms with E-state index in [4.69, 9.17) is 0 Å². The Bertz CT molecular complexity index is 567. The van der Waals surface area contributed by atoms with Crippen molar-refractivity contribution in [1.29, 1.82) is 0 Å². The highest BCUT2D eigenvalue weighted by Gasteiger charge is 2.72. The molecule has 0 aliphatic rings. The van der Waals surface area contributed by atoms with Gasteiger partial charge in [-0.1, -0.05) is 26.0 Å². The van der Waals surface area contributed by atoms with Crippen molar-refractivity contribution in [2.45, 2.75) is 38.3 Å². The van der Waals surface area contributed by atoms with Crippen LogP contribution < -0.4 is 10.6 Å². The molecule has 0 fully saturated rings. The monoisotopic (exact) mass is 360 g/mol. The van der Waals surface area contributed by atoms with E-state index in [1.165, 1.54) is 13.8 Å². The fourth-order valence-corrected chi connectivity index (χ4v) is 1.87. The summed E-state index contributed by atoms with van der Waals surface area (Å²) in [7, 11) is 0. The Labute approximate surface area is 133 Å². The summed E-state index contributed by atoms with van der Waals surface area (Å²) in [5, 5.41) is 2.04. The smallest absolute Gasteiger partial charge is 0.345 e. The van der Waals surface area contributed by atoms with Gasteiger partial charge in [0, 0.05) is 6.42 Å². The Morgan fingerprint density at radius 2 is 1.54 bits per heavy atom. The molecule has 0 atom stereocenters. The minimum atomic E-state index is -5.97. The molecule has 3 nitrogen and oxygen atoms in total. The van der Waals surface area contributed by atoms with Crippen LogP contribution in [0.1, 0.15) is 20.3 Å². The van der Waals surface area contributed by atoms with Crippen molar-refractivity contribution >= 4 is 11.6 Å². The summed E-state index contributed by atoms with van der Waals surface area (Å²) in [4.78, 5) is 11.6. The number of alkyl halides is 6. The van der Waals surface area contributed by atoms with Gasteiger partial charge in [0.1, 0.15) is 5.82 Å². The molecule has 1 rings (SSSR count). The normalized spacial score (nSPS) is 13.1. The molecule has 24 heavy (non-hydrogen) atoms. The van der Waals surface area contributed by atoms with Gasteiger partial charge in [0.2, 0.25) is 5.91 Å². The standard InChI is InChI=1S/C14H15F7N2O/c1-8(2)7-11(24)23-12(13(16,17)18,14(19,20)21)22-10-6-4-3-5-9(10)15/h3-6,8,22H,7H2,1-2H3,(H,23,24). The van der Waals surface area contributed by atoms with Crippen molar-refractivity contribution in [2.24, 2.45) is 5.92 Å². The molecule has 1 aromatic carbocycles. The van der Waals surface area contributed by atoms with Crippen LogP contribution >= 0.6 is 0 Å². The van der Waals surface area contributed by atoms with E-state index in [0.717, 1.165) is 22.8 Å². The summed E-state index contributed by atoms with van der Waals surface area (Å²) < 4.78 is 93.1. The second kappa shape index (κ2) is 6.86. The predicted octanol–water partition coefficient (Wildman–Crippen LogP) is 4.22. The maximum Gasteiger partial charge on any atom is 0.439 e. The van der Waals surface area contributed by atoms with Crippen LogP contribution in [0.4, 0.5) is 36.4 Å². The Morgan fingerprint density at radius 1 is 1.04 bits per heavy atom. The molecule has 0 saturated carbocycles. The van der Waals surface area contributed by atoms with Crippen LogP contribution in [0.2, 0.25) is 0 Å². The fourth-order valence-electron chi connectivity index (χ4n) is 1.87. The molecule has 2 N–H and O–H groups in total. The van der Waals surface area contributed by atoms with Crippen molar-refractivity contribution in [3.63, 3.8) is 0 Å². The summed E-state index contributed by atoms with van der Waals surface area (Å²) in [5.74, 6) is -3.27. The third-order valence-electron chi connectivity index (χ3n) is 2.97. The van der Waals surface area contributed by atoms with Gasteiger partial charge in [-0.3, -0.25) is 4.79 Å². The Balaban J connectivity index is 3.38. The first-order valence-corrected chi connectivity index (χ1v) is 6.77. The maximum absolute atomic E-state index is 13.5. The molecule has 10 heteroatoms. The van der Waals surface area contributed by atoms with E-state index in [9.17, 15) is 35.5 Å². The topological polar surface area (TPSA) is 41.1 Å². The molecule has 1 aromatic rings. The predicted molar refractivity (Wildman–Crippen MR) is 72.5 cm³/mol. The van der Waals surface area contributed by atoms with Crippen molar-refractivity contribution in [3.05, 3.63) is 30.1 Å². The number of hydrogen-bond acceptors (Lipinski definition) is 2. The quantitative estimate of drug-likeness (QED) is 0.610. The minimum absolute atomic E-state index is 0.474. The second-order valence-electron chi connectivity index (χ2n) is 5.50. The number of amides is 1. The highest BCUT2D eigenvalue weighted by atomic mass is 19.4. The maximum atomic E-state index is 13.5. The number of halogens is 7. The van der Waals surface area contributed by atoms with Gasteiger partial charge in [0.15, 0.2) is 0 Å². The molecule has 0 radical (unpaired) electrons. The van der Waals surface area contributed by atoms with Crippen LogP contribution in [-0.2, 0) is 4.79 Å². The van der Waals surface area contributed by atoms with E-state index in [2.05, 4.69) is 0 Å². The number of carbonyl (C=O) groups is 1. The van der Waals surface area contributed by atoms with E-state index < -0.39 is 47.8 Å². The lowest BCUT2D eigenvalue weighted by molar-refractivity contribution is -0.296. The number of benzene rings is 1. The summed E-state index contributed by atoms with van der Waals surface area (Å²) in [6, 6.07) is 3.55. The zero-order valence-corrected chi connectivity index (χ0v) is 12.6. The minimum Gasteiger partial charge on any atom is -0.345 e. The van der Waals surface area contributed by atoms with Gasteiger partial charge >= 0.3 is 18.0 Å². The van der Waals surface area contributed by atoms with Gasteiger partial charge < -0.3 is 10.6 Å². The Hall–Kier alpha value is -2.00. The molecule has 0 spiro atoms. The molecule has 1 amide bonds. The van der Waals surface area contributed by atoms with Crippen molar-refractivity contribution < 1.29 is 35.5 Å². The largest absolute Gasteiger partial charge is 0.439 e. The Morgan fingerprint density at radius 3 is 1.96 bits per heavy atom. The lowest BCUT2D eigenvalue weighted by Crippen LogP contribution is -2.72. The molecule has 0 aromatic heterocycles. The van der Waals surface area contributed by atoms with Gasteiger partial charge in [-0.15, -0.1) is 0 Å². The van der Waals surface area contributed by atoms with E-state index in [1.54, 1.807) is 0 Å². The molecule has 0 aliphatic heterocycles. The van der Waals surface area contributed by atoms with Crippen LogP contribution in [0.3, 0.4) is 0 Å². The number of anilines is 1. The lowest BCUT2D eigenvalue weighted by atomic mass is 10.1. The fraction of sp³-hybridized carbons (Fsp3) is 0.500. The van der Waals surface area contributed by atoms with E-state index >= 15 is 0 Å². The van der Waals surface area contributed by atoms with Crippen LogP contribution in [0.5, 0.6) is 0 Å². The average Bonchev–Trinajstić information content (AvgIpc) is 2.36. The molecule has 136 valence electrons.